The molecular weight excluding hydrogens is 474 g/mol. The molecule has 1 N–H and O–H groups in total. The molecule has 1 atom stereocenters. The SMILES string of the molecule is COc1ccc(CN2C(=O)C(=O)/C(=C(/O)c3cc(C)ccc3OC)C2c2ccc(OC)c(OC)c2)cc1. The van der Waals surface area contributed by atoms with E-state index in [-0.39, 0.29) is 17.9 Å². The number of aliphatic hydroxyl groups is 1. The van der Waals surface area contributed by atoms with Crippen LogP contribution in [0, 0.1) is 6.92 Å². The van der Waals surface area contributed by atoms with E-state index in [4.69, 9.17) is 18.9 Å². The van der Waals surface area contributed by atoms with Crippen LogP contribution in [0.1, 0.15) is 28.3 Å². The van der Waals surface area contributed by atoms with Gasteiger partial charge >= 0.3 is 0 Å². The summed E-state index contributed by atoms with van der Waals surface area (Å²) in [5.41, 5.74) is 2.53. The van der Waals surface area contributed by atoms with Gasteiger partial charge in [-0.2, -0.15) is 0 Å². The van der Waals surface area contributed by atoms with Crippen molar-refractivity contribution < 1.29 is 33.6 Å². The molecular formula is C29H29NO7. The van der Waals surface area contributed by atoms with Crippen LogP contribution in [0.25, 0.3) is 5.76 Å². The smallest absolute Gasteiger partial charge is 0.295 e. The molecule has 0 bridgehead atoms. The van der Waals surface area contributed by atoms with Gasteiger partial charge in [-0.15, -0.1) is 0 Å². The highest BCUT2D eigenvalue weighted by atomic mass is 16.5. The molecule has 1 aliphatic rings. The van der Waals surface area contributed by atoms with Crippen LogP contribution in [0.2, 0.25) is 0 Å². The van der Waals surface area contributed by atoms with Crippen molar-refractivity contribution in [2.75, 3.05) is 28.4 Å². The fourth-order valence-corrected chi connectivity index (χ4v) is 4.49. The van der Waals surface area contributed by atoms with E-state index in [1.54, 1.807) is 49.6 Å². The number of hydrogen-bond donors (Lipinski definition) is 1. The first kappa shape index (κ1) is 25.6. The van der Waals surface area contributed by atoms with E-state index in [0.29, 0.717) is 34.1 Å². The summed E-state index contributed by atoms with van der Waals surface area (Å²) in [7, 11) is 6.09. The van der Waals surface area contributed by atoms with Crippen LogP contribution in [0.3, 0.4) is 0 Å². The number of aryl methyl sites for hydroxylation is 1. The van der Waals surface area contributed by atoms with Crippen LogP contribution < -0.4 is 18.9 Å². The van der Waals surface area contributed by atoms with E-state index >= 15 is 0 Å². The molecule has 1 fully saturated rings. The van der Waals surface area contributed by atoms with Crippen LogP contribution in [-0.2, 0) is 16.1 Å². The molecule has 0 aliphatic carbocycles. The molecule has 8 heteroatoms. The van der Waals surface area contributed by atoms with Crippen molar-refractivity contribution >= 4 is 17.4 Å². The van der Waals surface area contributed by atoms with Gasteiger partial charge in [0.05, 0.1) is 45.6 Å². The number of benzene rings is 3. The monoisotopic (exact) mass is 503 g/mol. The quantitative estimate of drug-likeness (QED) is 0.272. The van der Waals surface area contributed by atoms with E-state index < -0.39 is 17.7 Å². The van der Waals surface area contributed by atoms with Crippen molar-refractivity contribution in [1.29, 1.82) is 0 Å². The molecule has 0 radical (unpaired) electrons. The van der Waals surface area contributed by atoms with Gasteiger partial charge in [0, 0.05) is 6.54 Å². The topological polar surface area (TPSA) is 94.5 Å². The minimum absolute atomic E-state index is 0.0327. The molecule has 1 heterocycles. The second kappa shape index (κ2) is 10.7. The molecule has 4 rings (SSSR count). The Morgan fingerprint density at radius 2 is 1.46 bits per heavy atom. The van der Waals surface area contributed by atoms with Crippen LogP contribution in [-0.4, -0.2) is 50.1 Å². The highest BCUT2D eigenvalue weighted by Crippen LogP contribution is 2.43. The summed E-state index contributed by atoms with van der Waals surface area (Å²) in [5.74, 6) is 0.181. The number of aliphatic hydroxyl groups excluding tert-OH is 1. The van der Waals surface area contributed by atoms with Crippen LogP contribution >= 0.6 is 0 Å². The van der Waals surface area contributed by atoms with Crippen molar-refractivity contribution in [2.45, 2.75) is 19.5 Å². The lowest BCUT2D eigenvalue weighted by atomic mass is 9.94. The highest BCUT2D eigenvalue weighted by Gasteiger charge is 2.46. The van der Waals surface area contributed by atoms with E-state index in [1.807, 2.05) is 25.1 Å². The fraction of sp³-hybridized carbons (Fsp3) is 0.241. The number of amides is 1. The Morgan fingerprint density at radius 3 is 2.08 bits per heavy atom. The van der Waals surface area contributed by atoms with Gasteiger partial charge in [-0.3, -0.25) is 9.59 Å². The fourth-order valence-electron chi connectivity index (χ4n) is 4.49. The molecule has 1 amide bonds. The maximum absolute atomic E-state index is 13.4. The number of rotatable bonds is 8. The van der Waals surface area contributed by atoms with Crippen molar-refractivity contribution in [3.8, 4) is 23.0 Å². The third-order valence-corrected chi connectivity index (χ3v) is 6.39. The number of nitrogens with zero attached hydrogens (tertiary/aromatic N) is 1. The summed E-state index contributed by atoms with van der Waals surface area (Å²) in [4.78, 5) is 28.3. The molecule has 0 saturated carbocycles. The van der Waals surface area contributed by atoms with Gasteiger partial charge in [0.15, 0.2) is 11.5 Å². The third-order valence-electron chi connectivity index (χ3n) is 6.39. The number of Topliss-reactive ketones (excluding diaryl/α,β-unsaturated/α-hetero) is 1. The molecule has 37 heavy (non-hydrogen) atoms. The number of carbonyl (C=O) groups excluding carboxylic acids is 2. The number of ether oxygens (including phenoxy) is 4. The second-order valence-electron chi connectivity index (χ2n) is 8.59. The first-order chi connectivity index (χ1) is 17.8. The van der Waals surface area contributed by atoms with Crippen molar-refractivity contribution in [3.05, 3.63) is 88.5 Å². The zero-order chi connectivity index (χ0) is 26.7. The lowest BCUT2D eigenvalue weighted by molar-refractivity contribution is -0.140. The summed E-state index contributed by atoms with van der Waals surface area (Å²) < 4.78 is 21.5. The number of carbonyl (C=O) groups is 2. The first-order valence-electron chi connectivity index (χ1n) is 11.6. The van der Waals surface area contributed by atoms with Gasteiger partial charge in [-0.25, -0.2) is 0 Å². The summed E-state index contributed by atoms with van der Waals surface area (Å²) in [6.45, 7) is 2.00. The average Bonchev–Trinajstić information content (AvgIpc) is 3.17. The lowest BCUT2D eigenvalue weighted by Crippen LogP contribution is -2.29. The van der Waals surface area contributed by atoms with E-state index in [1.165, 1.54) is 26.2 Å². The molecule has 3 aromatic carbocycles. The third kappa shape index (κ3) is 4.82. The Morgan fingerprint density at radius 1 is 0.811 bits per heavy atom. The first-order valence-corrected chi connectivity index (χ1v) is 11.6. The van der Waals surface area contributed by atoms with Crippen molar-refractivity contribution in [2.24, 2.45) is 0 Å². The zero-order valence-electron chi connectivity index (χ0n) is 21.4. The maximum Gasteiger partial charge on any atom is 0.295 e. The molecule has 0 spiro atoms. The molecule has 192 valence electrons. The Kier molecular flexibility index (Phi) is 7.38. The second-order valence-corrected chi connectivity index (χ2v) is 8.59. The summed E-state index contributed by atoms with van der Waals surface area (Å²) in [6.07, 6.45) is 0. The minimum Gasteiger partial charge on any atom is -0.507 e. The van der Waals surface area contributed by atoms with Gasteiger partial charge in [0.25, 0.3) is 11.7 Å². The number of likely N-dealkylation sites (tertiary alicyclic amines) is 1. The average molecular weight is 504 g/mol. The van der Waals surface area contributed by atoms with Crippen LogP contribution in [0.4, 0.5) is 0 Å². The standard InChI is InChI=1S/C29H29NO7/c1-17-6-12-22(35-3)21(14-17)27(31)25-26(19-9-13-23(36-4)24(15-19)37-5)30(29(33)28(25)32)16-18-7-10-20(34-2)11-8-18/h6-15,26,31H,16H2,1-5H3/b27-25+. The zero-order valence-corrected chi connectivity index (χ0v) is 21.4. The largest absolute Gasteiger partial charge is 0.507 e. The Bertz CT molecular complexity index is 1360. The Balaban J connectivity index is 1.91. The van der Waals surface area contributed by atoms with Gasteiger partial charge in [0.2, 0.25) is 0 Å². The van der Waals surface area contributed by atoms with E-state index in [2.05, 4.69) is 0 Å². The predicted molar refractivity (Wildman–Crippen MR) is 138 cm³/mol. The Labute approximate surface area is 215 Å². The summed E-state index contributed by atoms with van der Waals surface area (Å²) >= 11 is 0. The predicted octanol–water partition coefficient (Wildman–Crippen LogP) is 4.65. The number of methoxy groups -OCH3 is 4. The Hall–Kier alpha value is -4.46. The van der Waals surface area contributed by atoms with Crippen molar-refractivity contribution in [3.63, 3.8) is 0 Å². The summed E-state index contributed by atoms with van der Waals surface area (Å²) in [6, 6.07) is 16.8. The maximum atomic E-state index is 13.4. The van der Waals surface area contributed by atoms with Gasteiger partial charge in [-0.05, 0) is 54.4 Å². The lowest BCUT2D eigenvalue weighted by Gasteiger charge is -2.26. The molecule has 3 aromatic rings. The van der Waals surface area contributed by atoms with E-state index in [9.17, 15) is 14.7 Å². The molecule has 1 unspecified atom stereocenters. The minimum atomic E-state index is -0.882. The summed E-state index contributed by atoms with van der Waals surface area (Å²) in [5, 5.41) is 11.5. The normalized spacial score (nSPS) is 16.6. The van der Waals surface area contributed by atoms with Crippen LogP contribution in [0.15, 0.2) is 66.2 Å². The van der Waals surface area contributed by atoms with Crippen LogP contribution in [0.5, 0.6) is 23.0 Å². The molecule has 0 aromatic heterocycles. The van der Waals surface area contributed by atoms with Gasteiger partial charge < -0.3 is 29.0 Å². The van der Waals surface area contributed by atoms with Crippen molar-refractivity contribution in [1.82, 2.24) is 4.90 Å². The molecule has 1 aliphatic heterocycles. The number of hydrogen-bond acceptors (Lipinski definition) is 7. The number of ketones is 1. The molecule has 8 nitrogen and oxygen atoms in total. The molecule has 1 saturated heterocycles. The van der Waals surface area contributed by atoms with E-state index in [0.717, 1.165) is 11.1 Å². The van der Waals surface area contributed by atoms with Gasteiger partial charge in [0.1, 0.15) is 17.3 Å². The highest BCUT2D eigenvalue weighted by molar-refractivity contribution is 6.46. The van der Waals surface area contributed by atoms with Gasteiger partial charge in [-0.1, -0.05) is 29.8 Å².